The molecular formula is C68H116O23. The molecule has 0 aromatic heterocycles. The lowest BCUT2D eigenvalue weighted by Gasteiger charge is -2.42. The van der Waals surface area contributed by atoms with Gasteiger partial charge in [0.1, 0.15) is 61.0 Å². The van der Waals surface area contributed by atoms with Crippen molar-refractivity contribution in [1.29, 1.82) is 0 Å². The van der Waals surface area contributed by atoms with E-state index >= 15 is 0 Å². The molecule has 23 nitrogen and oxygen atoms in total. The van der Waals surface area contributed by atoms with E-state index in [0.29, 0.717) is 69.8 Å². The third kappa shape index (κ3) is 33.3. The molecule has 0 aromatic carbocycles. The molecule has 2 heterocycles. The molecule has 0 aliphatic carbocycles. The highest BCUT2D eigenvalue weighted by Gasteiger charge is 2.47. The Labute approximate surface area is 538 Å². The Kier molecular flexibility index (Phi) is 43.1. The Bertz CT molecular complexity index is 2150. The molecule has 2 rings (SSSR count). The summed E-state index contributed by atoms with van der Waals surface area (Å²) in [7, 11) is 0. The Morgan fingerprint density at radius 1 is 0.505 bits per heavy atom. The van der Waals surface area contributed by atoms with E-state index in [1.54, 1.807) is 38.2 Å². The highest BCUT2D eigenvalue weighted by Crippen LogP contribution is 2.32. The van der Waals surface area contributed by atoms with Gasteiger partial charge >= 0.3 is 0 Å². The first-order valence-electron chi connectivity index (χ1n) is 32.6. The molecule has 0 spiro atoms. The molecule has 0 bridgehead atoms. The monoisotopic (exact) mass is 1300 g/mol. The van der Waals surface area contributed by atoms with Gasteiger partial charge in [0.2, 0.25) is 0 Å². The van der Waals surface area contributed by atoms with Crippen molar-refractivity contribution >= 4 is 0 Å². The second-order valence-electron chi connectivity index (χ2n) is 25.0. The number of hydrogen-bond acceptors (Lipinski definition) is 23. The van der Waals surface area contributed by atoms with Crippen LogP contribution in [0.4, 0.5) is 0 Å². The van der Waals surface area contributed by atoms with Crippen LogP contribution in [0.15, 0.2) is 109 Å². The quantitative estimate of drug-likeness (QED) is 0.0229. The Morgan fingerprint density at radius 3 is 1.59 bits per heavy atom. The van der Waals surface area contributed by atoms with Gasteiger partial charge in [-0.05, 0) is 140 Å². The van der Waals surface area contributed by atoms with Crippen LogP contribution in [0.2, 0.25) is 0 Å². The predicted octanol–water partition coefficient (Wildman–Crippen LogP) is 0.976. The maximum absolute atomic E-state index is 11.2. The molecule has 0 amide bonds. The maximum Gasteiger partial charge on any atom is 0.115 e. The first-order chi connectivity index (χ1) is 43.1. The van der Waals surface area contributed by atoms with Crippen LogP contribution >= 0.6 is 0 Å². The van der Waals surface area contributed by atoms with Gasteiger partial charge in [-0.3, -0.25) is 0 Å². The molecule has 23 heteroatoms. The third-order valence-corrected chi connectivity index (χ3v) is 17.0. The minimum absolute atomic E-state index is 0.00293. The van der Waals surface area contributed by atoms with Crippen molar-refractivity contribution in [2.24, 2.45) is 5.92 Å². The smallest absolute Gasteiger partial charge is 0.115 e. The normalized spacial score (nSPS) is 27.2. The number of hydrogen-bond donors (Lipinski definition) is 21. The van der Waals surface area contributed by atoms with Crippen molar-refractivity contribution in [2.45, 2.75) is 302 Å². The number of rotatable bonds is 48. The first-order valence-corrected chi connectivity index (χ1v) is 32.6. The highest BCUT2D eigenvalue weighted by molar-refractivity contribution is 5.13. The summed E-state index contributed by atoms with van der Waals surface area (Å²) in [6.07, 6.45) is -2.45. The second-order valence-corrected chi connectivity index (χ2v) is 25.0. The number of aliphatic hydroxyl groups is 21. The van der Waals surface area contributed by atoms with Crippen molar-refractivity contribution in [3.63, 3.8) is 0 Å². The number of unbranched alkanes of at least 4 members (excludes halogenated alkanes) is 2. The molecule has 2 aliphatic rings. The third-order valence-electron chi connectivity index (χ3n) is 17.0. The lowest BCUT2D eigenvalue weighted by Crippen LogP contribution is -2.59. The van der Waals surface area contributed by atoms with Crippen molar-refractivity contribution in [2.75, 3.05) is 6.61 Å². The molecule has 21 N–H and O–H groups in total. The fourth-order valence-corrected chi connectivity index (χ4v) is 11.0. The summed E-state index contributed by atoms with van der Waals surface area (Å²) < 4.78 is 11.6. The minimum Gasteiger partial charge on any atom is -0.394 e. The average molecular weight is 1300 g/mol. The minimum atomic E-state index is -1.83. The SMILES string of the molecule is C=C/C=C/CC/C=C/C=C/C=C/CC/C=C/C(O)C(O)C1OC(C(O)C(O)C(=C)CCC(O)C2CC(O)C(O)C(C(O)C(O)/C=C(\C)CCC(O)CC(O)C(O)C(C)CC(O)C(O)CCCC(O)CCCC(O)CCCC(O)/C=C/CC(O)CO)O2)CC(O)C1O. The van der Waals surface area contributed by atoms with E-state index in [-0.39, 0.29) is 76.4 Å². The molecule has 526 valence electrons. The molecule has 91 heavy (non-hydrogen) atoms. The number of allylic oxidation sites excluding steroid dienone is 11. The summed E-state index contributed by atoms with van der Waals surface area (Å²) in [6, 6.07) is 0. The van der Waals surface area contributed by atoms with Crippen LogP contribution in [-0.4, -0.2) is 260 Å². The largest absolute Gasteiger partial charge is 0.394 e. The average Bonchev–Trinajstić information content (AvgIpc) is 1.00. The number of ether oxygens (including phenoxy) is 2. The van der Waals surface area contributed by atoms with E-state index in [4.69, 9.17) is 14.6 Å². The first kappa shape index (κ1) is 83.8. The van der Waals surface area contributed by atoms with Gasteiger partial charge in [0.05, 0.1) is 92.1 Å². The van der Waals surface area contributed by atoms with Gasteiger partial charge < -0.3 is 117 Å². The molecule has 2 saturated heterocycles. The summed E-state index contributed by atoms with van der Waals surface area (Å²) in [5.41, 5.74) is 0.472. The van der Waals surface area contributed by atoms with Crippen molar-refractivity contribution in [3.05, 3.63) is 109 Å². The molecule has 2 aliphatic heterocycles. The lowest BCUT2D eigenvalue weighted by atomic mass is 9.87. The summed E-state index contributed by atoms with van der Waals surface area (Å²) in [5, 5.41) is 223. The lowest BCUT2D eigenvalue weighted by molar-refractivity contribution is -0.234. The van der Waals surface area contributed by atoms with E-state index in [0.717, 1.165) is 12.8 Å². The molecule has 25 unspecified atom stereocenters. The molecule has 2 fully saturated rings. The van der Waals surface area contributed by atoms with Gasteiger partial charge in [-0.25, -0.2) is 0 Å². The molecule has 25 atom stereocenters. The van der Waals surface area contributed by atoms with Crippen LogP contribution in [0.3, 0.4) is 0 Å². The van der Waals surface area contributed by atoms with Crippen LogP contribution in [0.1, 0.15) is 155 Å². The van der Waals surface area contributed by atoms with Crippen LogP contribution in [0, 0.1) is 5.92 Å². The van der Waals surface area contributed by atoms with Gasteiger partial charge in [0, 0.05) is 19.3 Å². The zero-order valence-corrected chi connectivity index (χ0v) is 53.4. The van der Waals surface area contributed by atoms with Gasteiger partial charge in [0.15, 0.2) is 0 Å². The summed E-state index contributed by atoms with van der Waals surface area (Å²) >= 11 is 0. The van der Waals surface area contributed by atoms with Crippen LogP contribution in [0.25, 0.3) is 0 Å². The molecular weight excluding hydrogens is 1180 g/mol. The topological polar surface area (TPSA) is 443 Å². The Morgan fingerprint density at radius 2 is 1.02 bits per heavy atom. The van der Waals surface area contributed by atoms with E-state index in [9.17, 15) is 102 Å². The summed E-state index contributed by atoms with van der Waals surface area (Å²) in [5.74, 6) is -0.702. The fourth-order valence-electron chi connectivity index (χ4n) is 11.0. The maximum atomic E-state index is 11.2. The second kappa shape index (κ2) is 46.8. The molecule has 0 radical (unpaired) electrons. The van der Waals surface area contributed by atoms with Crippen LogP contribution in [0.5, 0.6) is 0 Å². The van der Waals surface area contributed by atoms with Gasteiger partial charge in [0.25, 0.3) is 0 Å². The van der Waals surface area contributed by atoms with Gasteiger partial charge in [-0.1, -0.05) is 111 Å². The fraction of sp³-hybridized carbons (Fsp3) is 0.735. The molecule has 0 aromatic rings. The van der Waals surface area contributed by atoms with Crippen molar-refractivity contribution < 1.29 is 117 Å². The Hall–Kier alpha value is -3.26. The summed E-state index contributed by atoms with van der Waals surface area (Å²) in [6.45, 7) is 10.3. The predicted molar refractivity (Wildman–Crippen MR) is 343 cm³/mol. The molecule has 0 saturated carbocycles. The van der Waals surface area contributed by atoms with Gasteiger partial charge in [-0.15, -0.1) is 0 Å². The van der Waals surface area contributed by atoms with Crippen LogP contribution in [-0.2, 0) is 9.47 Å². The zero-order valence-electron chi connectivity index (χ0n) is 53.4. The standard InChI is InChI=1S/C68H116O23/c1-5-6-7-8-9-10-11-12-13-14-15-16-17-18-30-52(77)62(85)67-65(88)57(82)40-59(91-67)66(89)61(84)43(3)33-35-51(76)58-39-56(81)64(87)68(90-58)63(86)54(79)36-42(2)32-34-48(73)38-55(80)60(83)44(4)37-53(78)50(75)31-22-28-47(72)26-20-24-45(70)23-19-25-46(71)27-21-29-49(74)41-69/h5-7,10-15,18,21,27,30,36,44-89H,1,3,8-9,16-17,19-20,22-26,28-29,31-35,37-41H2,2,4H3/b7-6+,11-10+,13-12+,15-14+,27-21+,30-18+,42-36+. The Balaban J connectivity index is 1.79. The van der Waals surface area contributed by atoms with Crippen LogP contribution < -0.4 is 0 Å². The van der Waals surface area contributed by atoms with Crippen molar-refractivity contribution in [1.82, 2.24) is 0 Å². The van der Waals surface area contributed by atoms with Crippen molar-refractivity contribution in [3.8, 4) is 0 Å². The van der Waals surface area contributed by atoms with E-state index in [2.05, 4.69) is 19.2 Å². The van der Waals surface area contributed by atoms with E-state index in [1.165, 1.54) is 12.2 Å². The summed E-state index contributed by atoms with van der Waals surface area (Å²) in [4.78, 5) is 0. The zero-order chi connectivity index (χ0) is 68.2. The highest BCUT2D eigenvalue weighted by atomic mass is 16.6. The van der Waals surface area contributed by atoms with Gasteiger partial charge in [-0.2, -0.15) is 0 Å². The van der Waals surface area contributed by atoms with E-state index < -0.39 is 152 Å². The number of aliphatic hydroxyl groups excluding tert-OH is 21. The van der Waals surface area contributed by atoms with E-state index in [1.807, 2.05) is 42.5 Å².